The van der Waals surface area contributed by atoms with Crippen LogP contribution in [0.25, 0.3) is 0 Å². The zero-order valence-electron chi connectivity index (χ0n) is 17.9. The molecule has 1 aromatic heterocycles. The Morgan fingerprint density at radius 2 is 2.21 bits per heavy atom. The number of hydrogen-bond donors (Lipinski definition) is 1. The van der Waals surface area contributed by atoms with Gasteiger partial charge < -0.3 is 14.8 Å². The summed E-state index contributed by atoms with van der Waals surface area (Å²) < 4.78 is 11.6. The van der Waals surface area contributed by atoms with E-state index >= 15 is 0 Å². The van der Waals surface area contributed by atoms with Crippen molar-refractivity contribution in [1.82, 2.24) is 15.2 Å². The van der Waals surface area contributed by atoms with Crippen LogP contribution in [0, 0.1) is 17.8 Å². The van der Waals surface area contributed by atoms with Crippen molar-refractivity contribution in [2.24, 2.45) is 5.92 Å². The molecule has 1 fully saturated rings. The summed E-state index contributed by atoms with van der Waals surface area (Å²) in [6.07, 6.45) is 3.74. The number of aromatic nitrogens is 1. The number of nitrogens with zero attached hydrogens (tertiary/aromatic N) is 2. The van der Waals surface area contributed by atoms with E-state index in [0.717, 1.165) is 5.76 Å². The average Bonchev–Trinajstić information content (AvgIpc) is 3.15. The van der Waals surface area contributed by atoms with Crippen molar-refractivity contribution in [3.63, 3.8) is 0 Å². The Kier molecular flexibility index (Phi) is 7.13. The fourth-order valence-electron chi connectivity index (χ4n) is 3.00. The molecular weight excluding hydrogens is 374 g/mol. The summed E-state index contributed by atoms with van der Waals surface area (Å²) in [7, 11) is 0. The van der Waals surface area contributed by atoms with E-state index in [-0.39, 0.29) is 11.4 Å². The van der Waals surface area contributed by atoms with Gasteiger partial charge in [0.25, 0.3) is 11.1 Å². The fraction of sp³-hybridized carbons (Fsp3) is 0.619. The highest BCUT2D eigenvalue weighted by Gasteiger charge is 2.43. The predicted octanol–water partition coefficient (Wildman–Crippen LogP) is 4.01. The molecule has 6 nitrogen and oxygen atoms in total. The molecule has 28 heavy (non-hydrogen) atoms. The average molecular weight is 406 g/mol. The molecule has 0 atom stereocenters. The van der Waals surface area contributed by atoms with Crippen LogP contribution in [0.4, 0.5) is 0 Å². The first-order chi connectivity index (χ1) is 13.0. The zero-order valence-corrected chi connectivity index (χ0v) is 18.7. The molecule has 0 unspecified atom stereocenters. The molecular formula is C21H31N3O3S. The molecule has 0 bridgehead atoms. The summed E-state index contributed by atoms with van der Waals surface area (Å²) in [5.41, 5.74) is -0.426. The van der Waals surface area contributed by atoms with Gasteiger partial charge in [0.05, 0.1) is 12.7 Å². The van der Waals surface area contributed by atoms with Crippen LogP contribution < -0.4 is 10.1 Å². The smallest absolute Gasteiger partial charge is 0.278 e. The number of hydrogen-bond acceptors (Lipinski definition) is 6. The molecule has 0 spiro atoms. The summed E-state index contributed by atoms with van der Waals surface area (Å²) >= 11 is 1.20. The topological polar surface area (TPSA) is 63.7 Å². The van der Waals surface area contributed by atoms with Crippen LogP contribution in [-0.2, 0) is 4.74 Å². The highest BCUT2D eigenvalue weighted by molar-refractivity contribution is 7.15. The van der Waals surface area contributed by atoms with Gasteiger partial charge in [-0.2, -0.15) is 0 Å². The first-order valence-electron chi connectivity index (χ1n) is 9.54. The summed E-state index contributed by atoms with van der Waals surface area (Å²) in [6.45, 7) is 15.8. The number of nitrogens with one attached hydrogen (secondary N) is 1. The minimum absolute atomic E-state index is 0.0227. The van der Waals surface area contributed by atoms with E-state index in [1.807, 2.05) is 27.7 Å². The molecule has 2 rings (SSSR count). The van der Waals surface area contributed by atoms with Gasteiger partial charge in [0.2, 0.25) is 0 Å². The number of carbonyl (C=O) groups is 1. The maximum Gasteiger partial charge on any atom is 0.278 e. The molecule has 154 valence electrons. The lowest BCUT2D eigenvalue weighted by atomic mass is 10.0. The Morgan fingerprint density at radius 1 is 1.50 bits per heavy atom. The monoisotopic (exact) mass is 405 g/mol. The maximum absolute atomic E-state index is 12.2. The number of carbonyl (C=O) groups excluding carboxylic acids is 1. The van der Waals surface area contributed by atoms with Crippen LogP contribution >= 0.6 is 11.3 Å². The van der Waals surface area contributed by atoms with Gasteiger partial charge in [0, 0.05) is 24.4 Å². The molecule has 2 heterocycles. The normalized spacial score (nSPS) is 17.9. The van der Waals surface area contributed by atoms with Crippen molar-refractivity contribution in [3.05, 3.63) is 23.1 Å². The molecule has 1 amide bonds. The first-order valence-corrected chi connectivity index (χ1v) is 10.4. The molecule has 7 heteroatoms. The Labute approximate surface area is 172 Å². The largest absolute Gasteiger partial charge is 0.473 e. The van der Waals surface area contributed by atoms with Crippen molar-refractivity contribution in [2.45, 2.75) is 66.2 Å². The standard InChI is InChI=1S/C21H31N3O3S/c1-15(2)10-8-9-11-22-18(25)17-12-23-19(28-17)26-14-16-13-24(20(3,4)5)21(6,7)27-16/h12,14-15H,9,11,13H2,1-7H3,(H,22,25). The fourth-order valence-corrected chi connectivity index (χ4v) is 3.66. The maximum atomic E-state index is 12.2. The van der Waals surface area contributed by atoms with Gasteiger partial charge in [0.1, 0.15) is 16.9 Å². The zero-order chi connectivity index (χ0) is 20.9. The summed E-state index contributed by atoms with van der Waals surface area (Å²) in [5, 5.41) is 3.25. The predicted molar refractivity (Wildman–Crippen MR) is 112 cm³/mol. The van der Waals surface area contributed by atoms with Crippen LogP contribution in [0.3, 0.4) is 0 Å². The van der Waals surface area contributed by atoms with Gasteiger partial charge in [0.15, 0.2) is 5.72 Å². The quantitative estimate of drug-likeness (QED) is 0.456. The highest BCUT2D eigenvalue weighted by atomic mass is 32.1. The van der Waals surface area contributed by atoms with Crippen molar-refractivity contribution < 1.29 is 14.3 Å². The van der Waals surface area contributed by atoms with E-state index < -0.39 is 5.72 Å². The molecule has 1 aliphatic heterocycles. The van der Waals surface area contributed by atoms with Crippen LogP contribution in [0.2, 0.25) is 0 Å². The van der Waals surface area contributed by atoms with E-state index in [9.17, 15) is 4.79 Å². The second-order valence-corrected chi connectivity index (χ2v) is 9.47. The molecule has 0 aromatic carbocycles. The van der Waals surface area contributed by atoms with Crippen LogP contribution in [0.5, 0.6) is 5.19 Å². The van der Waals surface area contributed by atoms with Gasteiger partial charge in [-0.25, -0.2) is 4.98 Å². The van der Waals surface area contributed by atoms with Crippen LogP contribution in [0.1, 0.15) is 64.6 Å². The van der Waals surface area contributed by atoms with Gasteiger partial charge in [-0.05, 0) is 34.6 Å². The summed E-state index contributed by atoms with van der Waals surface area (Å²) in [5.74, 6) is 7.03. The SMILES string of the molecule is CC(C)C#CCCNC(=O)c1cnc(OC=C2CN(C(C)(C)C)C(C)(C)O2)s1. The lowest BCUT2D eigenvalue weighted by molar-refractivity contribution is -0.0735. The summed E-state index contributed by atoms with van der Waals surface area (Å²) in [4.78, 5) is 19.1. The van der Waals surface area contributed by atoms with Crippen molar-refractivity contribution in [1.29, 1.82) is 0 Å². The Hall–Kier alpha value is -2.04. The van der Waals surface area contributed by atoms with Gasteiger partial charge in [-0.3, -0.25) is 9.69 Å². The Balaban J connectivity index is 1.89. The number of rotatable bonds is 5. The first kappa shape index (κ1) is 22.3. The Morgan fingerprint density at radius 3 is 2.82 bits per heavy atom. The second-order valence-electron chi connectivity index (χ2n) is 8.48. The lowest BCUT2D eigenvalue weighted by Gasteiger charge is -2.39. The minimum Gasteiger partial charge on any atom is -0.473 e. The molecule has 1 N–H and O–H groups in total. The van der Waals surface area contributed by atoms with E-state index in [1.165, 1.54) is 17.5 Å². The van der Waals surface area contributed by atoms with Gasteiger partial charge in [-0.1, -0.05) is 25.2 Å². The third-order valence-electron chi connectivity index (χ3n) is 4.08. The molecule has 0 radical (unpaired) electrons. The lowest BCUT2D eigenvalue weighted by Crippen LogP contribution is -2.50. The van der Waals surface area contributed by atoms with Gasteiger partial charge in [-0.15, -0.1) is 11.8 Å². The van der Waals surface area contributed by atoms with Crippen molar-refractivity contribution >= 4 is 17.2 Å². The van der Waals surface area contributed by atoms with Gasteiger partial charge >= 0.3 is 0 Å². The van der Waals surface area contributed by atoms with Crippen molar-refractivity contribution in [3.8, 4) is 17.0 Å². The third kappa shape index (κ3) is 6.25. The molecule has 0 aliphatic carbocycles. The van der Waals surface area contributed by atoms with E-state index in [1.54, 1.807) is 6.26 Å². The molecule has 1 aliphatic rings. The highest BCUT2D eigenvalue weighted by Crippen LogP contribution is 2.35. The van der Waals surface area contributed by atoms with Crippen LogP contribution in [0.15, 0.2) is 18.2 Å². The van der Waals surface area contributed by atoms with E-state index in [0.29, 0.717) is 35.5 Å². The van der Waals surface area contributed by atoms with E-state index in [2.05, 4.69) is 47.8 Å². The third-order valence-corrected chi connectivity index (χ3v) is 4.97. The molecule has 0 saturated carbocycles. The summed E-state index contributed by atoms with van der Waals surface area (Å²) in [6, 6.07) is 0. The van der Waals surface area contributed by atoms with Crippen molar-refractivity contribution in [2.75, 3.05) is 13.1 Å². The molecule has 1 aromatic rings. The van der Waals surface area contributed by atoms with E-state index in [4.69, 9.17) is 9.47 Å². The minimum atomic E-state index is -0.403. The number of amides is 1. The van der Waals surface area contributed by atoms with Crippen LogP contribution in [-0.4, -0.2) is 40.1 Å². The number of thiazole rings is 1. The molecule has 1 saturated heterocycles. The number of ether oxygens (including phenoxy) is 2. The Bertz CT molecular complexity index is 779. The second kappa shape index (κ2) is 8.97.